The molecule has 0 atom stereocenters. The summed E-state index contributed by atoms with van der Waals surface area (Å²) in [7, 11) is 1.58. The van der Waals surface area contributed by atoms with Crippen molar-refractivity contribution >= 4 is 17.8 Å². The summed E-state index contributed by atoms with van der Waals surface area (Å²) < 4.78 is 5.09. The van der Waals surface area contributed by atoms with Crippen LogP contribution in [0.1, 0.15) is 31.8 Å². The first-order valence-corrected chi connectivity index (χ1v) is 8.81. The normalized spacial score (nSPS) is 10.6. The zero-order chi connectivity index (χ0) is 19.8. The highest BCUT2D eigenvalue weighted by molar-refractivity contribution is 6.06. The minimum atomic E-state index is -0.186. The molecule has 0 aliphatic carbocycles. The second-order valence-electron chi connectivity index (χ2n) is 6.08. The van der Waals surface area contributed by atoms with Crippen molar-refractivity contribution in [3.63, 3.8) is 0 Å². The molecule has 1 N–H and O–H groups in total. The number of carbonyl (C=O) groups excluding carboxylic acids is 2. The Hall–Kier alpha value is -3.66. The summed E-state index contributed by atoms with van der Waals surface area (Å²) in [4.78, 5) is 24.4. The molecule has 0 spiro atoms. The molecule has 0 saturated carbocycles. The molecule has 0 saturated heterocycles. The summed E-state index contributed by atoms with van der Waals surface area (Å²) in [5, 5.41) is 2.77. The Morgan fingerprint density at radius 3 is 2.07 bits per heavy atom. The minimum absolute atomic E-state index is 0.0954. The molecule has 1 radical (unpaired) electrons. The van der Waals surface area contributed by atoms with Crippen LogP contribution in [0, 0.1) is 6.54 Å². The zero-order valence-electron chi connectivity index (χ0n) is 15.5. The lowest BCUT2D eigenvalue weighted by molar-refractivity contribution is 0.0964. The fourth-order valence-corrected chi connectivity index (χ4v) is 2.55. The maximum atomic E-state index is 12.2. The molecule has 0 bridgehead atoms. The van der Waals surface area contributed by atoms with Crippen LogP contribution in [0.5, 0.6) is 5.75 Å². The fourth-order valence-electron chi connectivity index (χ4n) is 2.55. The average molecular weight is 370 g/mol. The Morgan fingerprint density at radius 2 is 1.43 bits per heavy atom. The van der Waals surface area contributed by atoms with Gasteiger partial charge in [-0.15, -0.1) is 0 Å². The molecule has 3 aromatic carbocycles. The fraction of sp³-hybridized carbons (Fsp3) is 0.0417. The first-order chi connectivity index (χ1) is 13.7. The molecule has 0 aliphatic rings. The van der Waals surface area contributed by atoms with Gasteiger partial charge in [0.05, 0.1) is 13.7 Å². The second-order valence-corrected chi connectivity index (χ2v) is 6.08. The van der Waals surface area contributed by atoms with E-state index in [-0.39, 0.29) is 11.7 Å². The van der Waals surface area contributed by atoms with Gasteiger partial charge in [0, 0.05) is 11.1 Å². The summed E-state index contributed by atoms with van der Waals surface area (Å²) in [5.41, 5.74) is 2.90. The molecular weight excluding hydrogens is 350 g/mol. The van der Waals surface area contributed by atoms with Gasteiger partial charge in [-0.05, 0) is 53.6 Å². The monoisotopic (exact) mass is 370 g/mol. The van der Waals surface area contributed by atoms with Gasteiger partial charge in [-0.3, -0.25) is 9.59 Å². The standard InChI is InChI=1S/C24H20NO3/c1-28-22-14-12-20(13-15-22)23(26)16-9-18-7-10-21(11-8-18)24(27)25-17-19-5-3-2-4-6-19/h2-17H,1H3,(H,25,27). The third-order valence-electron chi connectivity index (χ3n) is 4.14. The average Bonchev–Trinajstić information content (AvgIpc) is 2.77. The van der Waals surface area contributed by atoms with Gasteiger partial charge in [-0.2, -0.15) is 0 Å². The van der Waals surface area contributed by atoms with E-state index in [1.807, 2.05) is 30.3 Å². The van der Waals surface area contributed by atoms with Crippen molar-refractivity contribution in [1.29, 1.82) is 0 Å². The van der Waals surface area contributed by atoms with Crippen LogP contribution in [0.15, 0.2) is 84.9 Å². The van der Waals surface area contributed by atoms with Crippen molar-refractivity contribution in [2.75, 3.05) is 7.11 Å². The van der Waals surface area contributed by atoms with Crippen LogP contribution in [0.3, 0.4) is 0 Å². The molecule has 0 aliphatic heterocycles. The van der Waals surface area contributed by atoms with E-state index in [1.54, 1.807) is 68.3 Å². The van der Waals surface area contributed by atoms with E-state index < -0.39 is 0 Å². The van der Waals surface area contributed by atoms with Gasteiger partial charge in [-0.1, -0.05) is 48.5 Å². The van der Waals surface area contributed by atoms with Gasteiger partial charge >= 0.3 is 0 Å². The topological polar surface area (TPSA) is 55.4 Å². The van der Waals surface area contributed by atoms with E-state index in [9.17, 15) is 9.59 Å². The van der Waals surface area contributed by atoms with Gasteiger partial charge < -0.3 is 10.1 Å². The van der Waals surface area contributed by atoms with Crippen LogP contribution < -0.4 is 10.1 Å². The van der Waals surface area contributed by atoms with E-state index >= 15 is 0 Å². The van der Waals surface area contributed by atoms with E-state index in [0.717, 1.165) is 11.1 Å². The van der Waals surface area contributed by atoms with Crippen LogP contribution in [0.4, 0.5) is 0 Å². The second kappa shape index (κ2) is 9.33. The molecule has 3 rings (SSSR count). The Morgan fingerprint density at radius 1 is 0.786 bits per heavy atom. The largest absolute Gasteiger partial charge is 0.497 e. The van der Waals surface area contributed by atoms with Crippen LogP contribution >= 0.6 is 0 Å². The Balaban J connectivity index is 1.57. The molecule has 0 unspecified atom stereocenters. The van der Waals surface area contributed by atoms with Gasteiger partial charge in [0.15, 0.2) is 5.78 Å². The lowest BCUT2D eigenvalue weighted by Crippen LogP contribution is -2.20. The highest BCUT2D eigenvalue weighted by Gasteiger charge is 2.05. The van der Waals surface area contributed by atoms with Crippen LogP contribution in [0.25, 0.3) is 6.08 Å². The molecule has 4 heteroatoms. The van der Waals surface area contributed by atoms with E-state index in [2.05, 4.69) is 5.32 Å². The van der Waals surface area contributed by atoms with E-state index in [4.69, 9.17) is 4.74 Å². The number of hydrogen-bond acceptors (Lipinski definition) is 3. The number of benzene rings is 3. The van der Waals surface area contributed by atoms with Crippen molar-refractivity contribution in [1.82, 2.24) is 5.32 Å². The Bertz CT molecular complexity index is 959. The van der Waals surface area contributed by atoms with E-state index in [1.165, 1.54) is 6.08 Å². The first kappa shape index (κ1) is 19.1. The number of methoxy groups -OCH3 is 1. The van der Waals surface area contributed by atoms with Gasteiger partial charge in [-0.25, -0.2) is 0 Å². The lowest BCUT2D eigenvalue weighted by atomic mass is 10.1. The van der Waals surface area contributed by atoms with Gasteiger partial charge in [0.2, 0.25) is 0 Å². The van der Waals surface area contributed by atoms with Crippen molar-refractivity contribution in [2.24, 2.45) is 0 Å². The van der Waals surface area contributed by atoms with Crippen molar-refractivity contribution in [2.45, 2.75) is 0 Å². The SMILES string of the molecule is COc1ccc(C(=O)C=Cc2ccc(C(=O)N[CH]c3ccccc3)cc2)cc1. The number of rotatable bonds is 7. The zero-order valence-corrected chi connectivity index (χ0v) is 15.5. The van der Waals surface area contributed by atoms with Gasteiger partial charge in [0.25, 0.3) is 5.91 Å². The quantitative estimate of drug-likeness (QED) is 0.491. The molecule has 0 heterocycles. The summed E-state index contributed by atoms with van der Waals surface area (Å²) in [5.74, 6) is 0.425. The Labute approximate surface area is 164 Å². The third kappa shape index (κ3) is 5.17. The predicted octanol–water partition coefficient (Wildman–Crippen LogP) is 4.53. The number of amides is 1. The number of ether oxygens (including phenoxy) is 1. The first-order valence-electron chi connectivity index (χ1n) is 8.81. The maximum Gasteiger partial charge on any atom is 0.251 e. The molecule has 28 heavy (non-hydrogen) atoms. The third-order valence-corrected chi connectivity index (χ3v) is 4.14. The molecular formula is C24H20NO3. The number of nitrogens with one attached hydrogen (secondary N) is 1. The minimum Gasteiger partial charge on any atom is -0.497 e. The number of allylic oxidation sites excluding steroid dienone is 1. The van der Waals surface area contributed by atoms with Gasteiger partial charge in [0.1, 0.15) is 5.75 Å². The van der Waals surface area contributed by atoms with Crippen molar-refractivity contribution in [3.8, 4) is 5.75 Å². The molecule has 3 aromatic rings. The van der Waals surface area contributed by atoms with Crippen molar-refractivity contribution < 1.29 is 14.3 Å². The summed E-state index contributed by atoms with van der Waals surface area (Å²) in [6, 6.07) is 23.6. The molecule has 4 nitrogen and oxygen atoms in total. The predicted molar refractivity (Wildman–Crippen MR) is 110 cm³/mol. The summed E-state index contributed by atoms with van der Waals surface area (Å²) in [6.07, 6.45) is 3.24. The van der Waals surface area contributed by atoms with Crippen molar-refractivity contribution in [3.05, 3.63) is 114 Å². The number of ketones is 1. The highest BCUT2D eigenvalue weighted by Crippen LogP contribution is 2.13. The molecule has 0 aromatic heterocycles. The molecule has 1 amide bonds. The van der Waals surface area contributed by atoms with Crippen LogP contribution in [-0.2, 0) is 0 Å². The Kier molecular flexibility index (Phi) is 6.37. The van der Waals surface area contributed by atoms with Crippen LogP contribution in [0.2, 0.25) is 0 Å². The smallest absolute Gasteiger partial charge is 0.251 e. The number of hydrogen-bond donors (Lipinski definition) is 1. The number of carbonyl (C=O) groups is 2. The van der Waals surface area contributed by atoms with Crippen LogP contribution in [-0.4, -0.2) is 18.8 Å². The molecule has 139 valence electrons. The lowest BCUT2D eigenvalue weighted by Gasteiger charge is -2.05. The van der Waals surface area contributed by atoms with E-state index in [0.29, 0.717) is 16.9 Å². The summed E-state index contributed by atoms with van der Waals surface area (Å²) >= 11 is 0. The summed E-state index contributed by atoms with van der Waals surface area (Å²) in [6.45, 7) is 1.67. The maximum absolute atomic E-state index is 12.2. The molecule has 0 fully saturated rings. The highest BCUT2D eigenvalue weighted by atomic mass is 16.5.